The predicted octanol–water partition coefficient (Wildman–Crippen LogP) is 2.80. The predicted molar refractivity (Wildman–Crippen MR) is 108 cm³/mol. The summed E-state index contributed by atoms with van der Waals surface area (Å²) in [4.78, 5) is 24.3. The van der Waals surface area contributed by atoms with E-state index < -0.39 is 9.84 Å². The third-order valence-corrected chi connectivity index (χ3v) is 6.47. The van der Waals surface area contributed by atoms with Gasteiger partial charge in [-0.15, -0.1) is 0 Å². The lowest BCUT2D eigenvalue weighted by molar-refractivity contribution is -0.115. The van der Waals surface area contributed by atoms with Crippen LogP contribution in [-0.4, -0.2) is 32.5 Å². The molecule has 0 spiro atoms. The molecule has 1 aliphatic carbocycles. The molecule has 1 saturated carbocycles. The Labute approximate surface area is 165 Å². The maximum atomic E-state index is 12.3. The van der Waals surface area contributed by atoms with E-state index in [1.54, 1.807) is 48.5 Å². The van der Waals surface area contributed by atoms with Gasteiger partial charge in [0.2, 0.25) is 5.91 Å². The average molecular weight is 401 g/mol. The molecule has 0 radical (unpaired) electrons. The van der Waals surface area contributed by atoms with Gasteiger partial charge in [0.15, 0.2) is 9.84 Å². The summed E-state index contributed by atoms with van der Waals surface area (Å²) in [6, 6.07) is 13.2. The Hall–Kier alpha value is -2.67. The minimum atomic E-state index is -3.24. The lowest BCUT2D eigenvalue weighted by Gasteiger charge is -2.08. The van der Waals surface area contributed by atoms with Crippen molar-refractivity contribution in [3.63, 3.8) is 0 Å². The normalized spacial score (nSPS) is 13.8. The highest BCUT2D eigenvalue weighted by Crippen LogP contribution is 2.32. The first kappa shape index (κ1) is 20.1. The Bertz CT molecular complexity index is 947. The Morgan fingerprint density at radius 2 is 1.64 bits per heavy atom. The van der Waals surface area contributed by atoms with E-state index in [0.29, 0.717) is 28.6 Å². The van der Waals surface area contributed by atoms with Crippen LogP contribution in [0.5, 0.6) is 0 Å². The number of carbonyl (C=O) groups is 2. The molecular weight excluding hydrogens is 376 g/mol. The Morgan fingerprint density at radius 1 is 1.00 bits per heavy atom. The lowest BCUT2D eigenvalue weighted by Crippen LogP contribution is -2.22. The lowest BCUT2D eigenvalue weighted by atomic mass is 10.1. The van der Waals surface area contributed by atoms with Crippen LogP contribution in [-0.2, 0) is 21.1 Å². The van der Waals surface area contributed by atoms with Gasteiger partial charge >= 0.3 is 0 Å². The van der Waals surface area contributed by atoms with Crippen LogP contribution < -0.4 is 10.6 Å². The van der Waals surface area contributed by atoms with Gasteiger partial charge in [-0.3, -0.25) is 9.59 Å². The smallest absolute Gasteiger partial charge is 0.251 e. The van der Waals surface area contributed by atoms with Crippen LogP contribution in [0.15, 0.2) is 53.4 Å². The third-order valence-electron chi connectivity index (χ3n) is 4.57. The fourth-order valence-corrected chi connectivity index (χ4v) is 4.56. The van der Waals surface area contributed by atoms with Crippen LogP contribution in [0.4, 0.5) is 5.69 Å². The van der Waals surface area contributed by atoms with Gasteiger partial charge in [0.25, 0.3) is 5.91 Å². The van der Waals surface area contributed by atoms with E-state index in [1.165, 1.54) is 0 Å². The van der Waals surface area contributed by atoms with Crippen LogP contribution in [0.2, 0.25) is 0 Å². The second kappa shape index (κ2) is 8.56. The first-order valence-corrected chi connectivity index (χ1v) is 11.0. The summed E-state index contributed by atoms with van der Waals surface area (Å²) in [5.74, 6) is 0.144. The second-order valence-electron chi connectivity index (χ2n) is 7.03. The maximum Gasteiger partial charge on any atom is 0.251 e. The minimum Gasteiger partial charge on any atom is -0.352 e. The van der Waals surface area contributed by atoms with Gasteiger partial charge in [0, 0.05) is 17.8 Å². The van der Waals surface area contributed by atoms with Crippen molar-refractivity contribution < 1.29 is 18.0 Å². The van der Waals surface area contributed by atoms with Gasteiger partial charge < -0.3 is 10.6 Å². The monoisotopic (exact) mass is 400 g/mol. The molecule has 0 bridgehead atoms. The summed E-state index contributed by atoms with van der Waals surface area (Å²) < 4.78 is 24.5. The topological polar surface area (TPSA) is 92.3 Å². The molecule has 7 heteroatoms. The standard InChI is InChI=1S/C21H24N2O4S/c1-2-22-21(25)17-7-9-18(10-8-17)23-20(24)13-15-5-11-19(12-6-15)28(26,27)14-16-3-4-16/h5-12,16H,2-4,13-14H2,1H3,(H,22,25)(H,23,24). The number of amides is 2. The van der Waals surface area contributed by atoms with Gasteiger partial charge in [0.05, 0.1) is 17.1 Å². The van der Waals surface area contributed by atoms with Crippen molar-refractivity contribution in [1.29, 1.82) is 0 Å². The molecule has 0 unspecified atom stereocenters. The molecule has 28 heavy (non-hydrogen) atoms. The molecule has 3 rings (SSSR count). The number of anilines is 1. The van der Waals surface area contributed by atoms with Gasteiger partial charge in [-0.25, -0.2) is 8.42 Å². The van der Waals surface area contributed by atoms with Crippen LogP contribution >= 0.6 is 0 Å². The molecule has 0 atom stereocenters. The molecule has 1 aliphatic rings. The first-order chi connectivity index (χ1) is 13.4. The van der Waals surface area contributed by atoms with Crippen molar-refractivity contribution in [3.05, 3.63) is 59.7 Å². The zero-order valence-electron chi connectivity index (χ0n) is 15.8. The average Bonchev–Trinajstić information content (AvgIpc) is 3.46. The van der Waals surface area contributed by atoms with E-state index in [9.17, 15) is 18.0 Å². The molecule has 2 aromatic carbocycles. The molecule has 2 amide bonds. The highest BCUT2D eigenvalue weighted by Gasteiger charge is 2.28. The number of rotatable bonds is 8. The molecule has 2 aromatic rings. The fraction of sp³-hybridized carbons (Fsp3) is 0.333. The molecule has 0 saturated heterocycles. The van der Waals surface area contributed by atoms with Crippen LogP contribution in [0, 0.1) is 5.92 Å². The summed E-state index contributed by atoms with van der Waals surface area (Å²) in [6.07, 6.45) is 2.12. The zero-order chi connectivity index (χ0) is 20.1. The maximum absolute atomic E-state index is 12.3. The summed E-state index contributed by atoms with van der Waals surface area (Å²) in [7, 11) is -3.24. The third kappa shape index (κ3) is 5.42. The summed E-state index contributed by atoms with van der Waals surface area (Å²) >= 11 is 0. The first-order valence-electron chi connectivity index (χ1n) is 9.37. The van der Waals surface area contributed by atoms with Gasteiger partial charge in [-0.05, 0) is 67.6 Å². The Kier molecular flexibility index (Phi) is 6.14. The highest BCUT2D eigenvalue weighted by atomic mass is 32.2. The molecule has 148 valence electrons. The van der Waals surface area contributed by atoms with Crippen LogP contribution in [0.25, 0.3) is 0 Å². The van der Waals surface area contributed by atoms with Crippen LogP contribution in [0.1, 0.15) is 35.7 Å². The fourth-order valence-electron chi connectivity index (χ4n) is 2.86. The number of benzene rings is 2. The highest BCUT2D eigenvalue weighted by molar-refractivity contribution is 7.91. The number of hydrogen-bond acceptors (Lipinski definition) is 4. The quantitative estimate of drug-likeness (QED) is 0.713. The Balaban J connectivity index is 1.56. The van der Waals surface area contributed by atoms with Crippen molar-refractivity contribution in [2.24, 2.45) is 5.92 Å². The molecule has 6 nitrogen and oxygen atoms in total. The van der Waals surface area contributed by atoms with Gasteiger partial charge in [0.1, 0.15) is 0 Å². The van der Waals surface area contributed by atoms with Gasteiger partial charge in [-0.1, -0.05) is 12.1 Å². The molecule has 0 heterocycles. The summed E-state index contributed by atoms with van der Waals surface area (Å²) in [5, 5.41) is 5.49. The van der Waals surface area contributed by atoms with E-state index in [-0.39, 0.29) is 24.0 Å². The van der Waals surface area contributed by atoms with Gasteiger partial charge in [-0.2, -0.15) is 0 Å². The minimum absolute atomic E-state index is 0.140. The zero-order valence-corrected chi connectivity index (χ0v) is 16.6. The van der Waals surface area contributed by atoms with E-state index in [2.05, 4.69) is 10.6 Å². The number of hydrogen-bond donors (Lipinski definition) is 2. The second-order valence-corrected chi connectivity index (χ2v) is 9.06. The van der Waals surface area contributed by atoms with Crippen molar-refractivity contribution in [3.8, 4) is 0 Å². The molecular formula is C21H24N2O4S. The van der Waals surface area contributed by atoms with Crippen LogP contribution in [0.3, 0.4) is 0 Å². The molecule has 0 aromatic heterocycles. The molecule has 1 fully saturated rings. The summed E-state index contributed by atoms with van der Waals surface area (Å²) in [5.41, 5.74) is 1.87. The van der Waals surface area contributed by atoms with Crippen molar-refractivity contribution in [2.75, 3.05) is 17.6 Å². The van der Waals surface area contributed by atoms with E-state index >= 15 is 0 Å². The van der Waals surface area contributed by atoms with Crippen molar-refractivity contribution in [2.45, 2.75) is 31.1 Å². The van der Waals surface area contributed by atoms with E-state index in [1.807, 2.05) is 6.92 Å². The van der Waals surface area contributed by atoms with Crippen molar-refractivity contribution >= 4 is 27.3 Å². The summed E-state index contributed by atoms with van der Waals surface area (Å²) in [6.45, 7) is 2.40. The van der Waals surface area contributed by atoms with E-state index in [0.717, 1.165) is 18.4 Å². The molecule has 2 N–H and O–H groups in total. The van der Waals surface area contributed by atoms with E-state index in [4.69, 9.17) is 0 Å². The number of nitrogens with one attached hydrogen (secondary N) is 2. The Morgan fingerprint density at radius 3 is 2.21 bits per heavy atom. The number of sulfone groups is 1. The number of carbonyl (C=O) groups excluding carboxylic acids is 2. The largest absolute Gasteiger partial charge is 0.352 e. The molecule has 0 aliphatic heterocycles. The van der Waals surface area contributed by atoms with Crippen molar-refractivity contribution in [1.82, 2.24) is 5.32 Å². The SMILES string of the molecule is CCNC(=O)c1ccc(NC(=O)Cc2ccc(S(=O)(=O)CC3CC3)cc2)cc1.